The second-order valence-corrected chi connectivity index (χ2v) is 14.8. The van der Waals surface area contributed by atoms with E-state index in [0.717, 1.165) is 86.7 Å². The maximum Gasteiger partial charge on any atom is 0.269 e. The van der Waals surface area contributed by atoms with E-state index in [1.807, 2.05) is 12.3 Å². The fourth-order valence-corrected chi connectivity index (χ4v) is 9.32. The Morgan fingerprint density at radius 3 is 2.40 bits per heavy atom. The summed E-state index contributed by atoms with van der Waals surface area (Å²) in [6.07, 6.45) is 10.4. The lowest BCUT2D eigenvalue weighted by Crippen LogP contribution is -2.44. The van der Waals surface area contributed by atoms with Crippen molar-refractivity contribution < 1.29 is 13.2 Å². The SMILES string of the molecule is CN1CCC(c2nc(-c3cn(S(=O)(=O)c4ccccc4)c4ncc([C@H]5CC[C@@H](N6CCOCC6)CC5)cc34)cs2)CC1. The minimum atomic E-state index is -3.82. The Labute approximate surface area is 252 Å². The summed E-state index contributed by atoms with van der Waals surface area (Å²) in [7, 11) is -1.65. The largest absolute Gasteiger partial charge is 0.379 e. The lowest BCUT2D eigenvalue weighted by atomic mass is 9.81. The monoisotopic (exact) mass is 605 g/mol. The molecule has 0 spiro atoms. The molecule has 0 bridgehead atoms. The lowest BCUT2D eigenvalue weighted by Gasteiger charge is -2.38. The van der Waals surface area contributed by atoms with Crippen molar-refractivity contribution in [3.63, 3.8) is 0 Å². The van der Waals surface area contributed by atoms with E-state index in [2.05, 4.69) is 28.3 Å². The highest BCUT2D eigenvalue weighted by molar-refractivity contribution is 7.90. The van der Waals surface area contributed by atoms with E-state index >= 15 is 0 Å². The van der Waals surface area contributed by atoms with Gasteiger partial charge in [0.05, 0.1) is 28.8 Å². The molecule has 10 heteroatoms. The van der Waals surface area contributed by atoms with Gasteiger partial charge >= 0.3 is 0 Å². The Kier molecular flexibility index (Phi) is 7.92. The first-order chi connectivity index (χ1) is 20.5. The molecule has 4 aromatic rings. The number of pyridine rings is 1. The van der Waals surface area contributed by atoms with Crippen molar-refractivity contribution in [2.24, 2.45) is 0 Å². The fourth-order valence-electron chi connectivity index (χ4n) is 6.98. The van der Waals surface area contributed by atoms with E-state index < -0.39 is 10.0 Å². The summed E-state index contributed by atoms with van der Waals surface area (Å²) in [5.74, 6) is 0.878. The molecule has 1 saturated carbocycles. The van der Waals surface area contributed by atoms with E-state index in [1.54, 1.807) is 41.8 Å². The number of nitrogens with zero attached hydrogens (tertiary/aromatic N) is 5. The number of piperidine rings is 1. The van der Waals surface area contributed by atoms with Crippen LogP contribution in [0.2, 0.25) is 0 Å². The third-order valence-electron chi connectivity index (χ3n) is 9.53. The molecule has 1 aromatic carbocycles. The number of fused-ring (bicyclic) bond motifs is 1. The minimum Gasteiger partial charge on any atom is -0.379 e. The van der Waals surface area contributed by atoms with Gasteiger partial charge in [0.25, 0.3) is 10.0 Å². The summed E-state index contributed by atoms with van der Waals surface area (Å²) in [4.78, 5) is 15.2. The second kappa shape index (κ2) is 11.8. The highest BCUT2D eigenvalue weighted by Gasteiger charge is 2.30. The number of likely N-dealkylation sites (tertiary alicyclic amines) is 1. The maximum absolute atomic E-state index is 13.8. The number of rotatable bonds is 6. The van der Waals surface area contributed by atoms with E-state index in [0.29, 0.717) is 23.5 Å². The average Bonchev–Trinajstić information content (AvgIpc) is 3.68. The zero-order valence-corrected chi connectivity index (χ0v) is 25.8. The van der Waals surface area contributed by atoms with Gasteiger partial charge in [-0.2, -0.15) is 0 Å². The standard InChI is InChI=1S/C32H39N5O3S2/c1-35-13-11-24(12-14-35)32-34-30(22-41-32)29-21-37(42(38,39)27-5-3-2-4-6-27)31-28(29)19-25(20-33-31)23-7-9-26(10-8-23)36-15-17-40-18-16-36/h2-6,19-24,26H,7-18H2,1H3/t23-,26+. The van der Waals surface area contributed by atoms with Gasteiger partial charge in [0.2, 0.25) is 0 Å². The molecule has 8 nitrogen and oxygen atoms in total. The van der Waals surface area contributed by atoms with E-state index in [4.69, 9.17) is 14.7 Å². The van der Waals surface area contributed by atoms with Crippen molar-refractivity contribution in [2.75, 3.05) is 46.4 Å². The molecular weight excluding hydrogens is 567 g/mol. The third-order valence-corrected chi connectivity index (χ3v) is 12.2. The van der Waals surface area contributed by atoms with Gasteiger partial charge in [-0.3, -0.25) is 4.90 Å². The maximum atomic E-state index is 13.8. The first-order valence-electron chi connectivity index (χ1n) is 15.2. The molecular formula is C32H39N5O3S2. The molecule has 1 aliphatic carbocycles. The molecule has 7 rings (SSSR count). The summed E-state index contributed by atoms with van der Waals surface area (Å²) >= 11 is 1.70. The van der Waals surface area contributed by atoms with Crippen LogP contribution in [0.25, 0.3) is 22.3 Å². The summed E-state index contributed by atoms with van der Waals surface area (Å²) in [5.41, 5.74) is 3.35. The molecule has 0 amide bonds. The van der Waals surface area contributed by atoms with Gasteiger partial charge in [-0.1, -0.05) is 18.2 Å². The van der Waals surface area contributed by atoms with Crippen molar-refractivity contribution in [3.05, 3.63) is 64.7 Å². The second-order valence-electron chi connectivity index (χ2n) is 12.1. The van der Waals surface area contributed by atoms with Gasteiger partial charge in [-0.15, -0.1) is 11.3 Å². The Hall–Kier alpha value is -2.63. The first-order valence-corrected chi connectivity index (χ1v) is 17.6. The van der Waals surface area contributed by atoms with E-state index in [9.17, 15) is 8.42 Å². The van der Waals surface area contributed by atoms with Crippen LogP contribution in [0.5, 0.6) is 0 Å². The number of hydrogen-bond donors (Lipinski definition) is 0. The van der Waals surface area contributed by atoms with Gasteiger partial charge < -0.3 is 9.64 Å². The zero-order valence-electron chi connectivity index (χ0n) is 24.2. The Balaban J connectivity index is 1.24. The molecule has 2 aliphatic heterocycles. The van der Waals surface area contributed by atoms with Crippen molar-refractivity contribution >= 4 is 32.4 Å². The highest BCUT2D eigenvalue weighted by atomic mass is 32.2. The van der Waals surface area contributed by atoms with Crippen LogP contribution in [0, 0.1) is 0 Å². The number of hydrogen-bond acceptors (Lipinski definition) is 8. The van der Waals surface area contributed by atoms with Crippen molar-refractivity contribution in [2.45, 2.75) is 61.3 Å². The quantitative estimate of drug-likeness (QED) is 0.285. The molecule has 42 heavy (non-hydrogen) atoms. The molecule has 3 aromatic heterocycles. The molecule has 0 N–H and O–H groups in total. The lowest BCUT2D eigenvalue weighted by molar-refractivity contribution is 0.00729. The topological polar surface area (TPSA) is 80.6 Å². The summed E-state index contributed by atoms with van der Waals surface area (Å²) in [6.45, 7) is 5.89. The smallest absolute Gasteiger partial charge is 0.269 e. The molecule has 3 fully saturated rings. The van der Waals surface area contributed by atoms with E-state index in [-0.39, 0.29) is 4.90 Å². The zero-order chi connectivity index (χ0) is 28.7. The van der Waals surface area contributed by atoms with Crippen molar-refractivity contribution in [3.8, 4) is 11.3 Å². The van der Waals surface area contributed by atoms with Crippen LogP contribution >= 0.6 is 11.3 Å². The van der Waals surface area contributed by atoms with Gasteiger partial charge in [0, 0.05) is 53.8 Å². The Morgan fingerprint density at radius 2 is 1.67 bits per heavy atom. The number of thiazole rings is 1. The Morgan fingerprint density at radius 1 is 0.929 bits per heavy atom. The number of aromatic nitrogens is 3. The fraction of sp³-hybridized carbons (Fsp3) is 0.500. The van der Waals surface area contributed by atoms with Crippen LogP contribution in [0.3, 0.4) is 0 Å². The number of ether oxygens (including phenoxy) is 1. The number of morpholine rings is 1. The Bertz CT molecular complexity index is 1630. The molecule has 3 aliphatic rings. The van der Waals surface area contributed by atoms with Crippen LogP contribution in [-0.4, -0.2) is 84.6 Å². The molecule has 0 radical (unpaired) electrons. The van der Waals surface area contributed by atoms with Crippen LogP contribution in [-0.2, 0) is 14.8 Å². The number of benzene rings is 1. The predicted molar refractivity (Wildman–Crippen MR) is 167 cm³/mol. The van der Waals surface area contributed by atoms with Crippen LogP contribution in [0.1, 0.15) is 60.9 Å². The first kappa shape index (κ1) is 28.2. The average molecular weight is 606 g/mol. The van der Waals surface area contributed by atoms with Gasteiger partial charge in [0.1, 0.15) is 0 Å². The van der Waals surface area contributed by atoms with Crippen LogP contribution < -0.4 is 0 Å². The van der Waals surface area contributed by atoms with Crippen LogP contribution in [0.4, 0.5) is 0 Å². The third kappa shape index (κ3) is 5.43. The summed E-state index contributed by atoms with van der Waals surface area (Å²) in [6, 6.07) is 11.5. The highest BCUT2D eigenvalue weighted by Crippen LogP contribution is 2.40. The van der Waals surface area contributed by atoms with Gasteiger partial charge in [-0.25, -0.2) is 22.4 Å². The molecule has 222 valence electrons. The molecule has 5 heterocycles. The normalized spacial score (nSPS) is 23.5. The molecule has 0 atom stereocenters. The van der Waals surface area contributed by atoms with Gasteiger partial charge in [0.15, 0.2) is 5.65 Å². The molecule has 2 saturated heterocycles. The molecule has 0 unspecified atom stereocenters. The predicted octanol–water partition coefficient (Wildman–Crippen LogP) is 5.56. The van der Waals surface area contributed by atoms with Gasteiger partial charge in [-0.05, 0) is 88.3 Å². The van der Waals surface area contributed by atoms with Crippen LogP contribution in [0.15, 0.2) is 59.1 Å². The summed E-state index contributed by atoms with van der Waals surface area (Å²) in [5, 5.41) is 4.11. The summed E-state index contributed by atoms with van der Waals surface area (Å²) < 4.78 is 34.6. The van der Waals surface area contributed by atoms with Crippen molar-refractivity contribution in [1.29, 1.82) is 0 Å². The minimum absolute atomic E-state index is 0.256. The van der Waals surface area contributed by atoms with E-state index in [1.165, 1.54) is 22.4 Å². The van der Waals surface area contributed by atoms with Crippen molar-refractivity contribution in [1.82, 2.24) is 23.7 Å².